The molecule has 1 aromatic carbocycles. The van der Waals surface area contributed by atoms with E-state index in [4.69, 9.17) is 0 Å². The Hall–Kier alpha value is -1.98. The van der Waals surface area contributed by atoms with Gasteiger partial charge < -0.3 is 5.43 Å². The summed E-state index contributed by atoms with van der Waals surface area (Å²) in [6.07, 6.45) is -3.37. The van der Waals surface area contributed by atoms with Gasteiger partial charge in [0.05, 0.1) is 5.69 Å². The topological polar surface area (TPSA) is 41.1 Å². The lowest BCUT2D eigenvalue weighted by molar-refractivity contribution is -0.127. The van der Waals surface area contributed by atoms with Crippen molar-refractivity contribution in [3.63, 3.8) is 0 Å². The molecule has 3 nitrogen and oxygen atoms in total. The van der Waals surface area contributed by atoms with Gasteiger partial charge in [0.25, 0.3) is 0 Å². The first-order chi connectivity index (χ1) is 11.1. The predicted molar refractivity (Wildman–Crippen MR) is 85.9 cm³/mol. The van der Waals surface area contributed by atoms with Crippen LogP contribution in [0, 0.1) is 16.7 Å². The zero-order chi connectivity index (χ0) is 17.8. The summed E-state index contributed by atoms with van der Waals surface area (Å²) in [4.78, 5) is 12.8. The number of fused-ring (bicyclic) bond motifs is 2. The van der Waals surface area contributed by atoms with Crippen molar-refractivity contribution in [1.29, 1.82) is 0 Å². The van der Waals surface area contributed by atoms with E-state index in [1.807, 2.05) is 13.8 Å². The zero-order valence-corrected chi connectivity index (χ0v) is 13.9. The molecule has 0 saturated heterocycles. The first kappa shape index (κ1) is 16.9. The molecular formula is C18H21F3N2O. The highest BCUT2D eigenvalue weighted by atomic mass is 19.4. The predicted octanol–water partition coefficient (Wildman–Crippen LogP) is 4.44. The van der Waals surface area contributed by atoms with E-state index in [2.05, 4.69) is 10.9 Å². The van der Waals surface area contributed by atoms with E-state index < -0.39 is 22.7 Å². The molecule has 2 saturated carbocycles. The van der Waals surface area contributed by atoms with Gasteiger partial charge >= 0.3 is 6.18 Å². The number of para-hydroxylation sites is 1. The third-order valence-electron chi connectivity index (χ3n) is 5.98. The maximum absolute atomic E-state index is 13.6. The largest absolute Gasteiger partial charge is 0.433 e. The first-order valence-electron chi connectivity index (χ1n) is 8.02. The molecule has 0 heterocycles. The molecule has 2 aliphatic carbocycles. The van der Waals surface area contributed by atoms with Gasteiger partial charge in [-0.05, 0) is 36.3 Å². The minimum Gasteiger partial charge on any atom is -0.301 e. The van der Waals surface area contributed by atoms with Crippen molar-refractivity contribution in [1.82, 2.24) is 5.43 Å². The number of allylic oxidation sites excluding steroid dienone is 2. The highest BCUT2D eigenvalue weighted by molar-refractivity contribution is 6.05. The zero-order valence-electron chi connectivity index (χ0n) is 13.9. The van der Waals surface area contributed by atoms with Crippen LogP contribution >= 0.6 is 0 Å². The molecule has 2 bridgehead atoms. The van der Waals surface area contributed by atoms with Gasteiger partial charge in [-0.25, -0.2) is 0 Å². The van der Waals surface area contributed by atoms with Crippen LogP contribution in [0.2, 0.25) is 0 Å². The lowest BCUT2D eigenvalue weighted by Gasteiger charge is -2.31. The van der Waals surface area contributed by atoms with Gasteiger partial charge in [0, 0.05) is 11.0 Å². The molecule has 0 amide bonds. The molecule has 2 N–H and O–H groups in total. The number of ketones is 1. The summed E-state index contributed by atoms with van der Waals surface area (Å²) < 4.78 is 40.9. The van der Waals surface area contributed by atoms with Crippen LogP contribution in [-0.2, 0) is 4.79 Å². The standard InChI is InChI=1S/C18H21F3N2O/c1-16(2)12-9-10-17(16,3)15(24)13(12)14(18(19,20)21)23-22-11-7-5-4-6-8-11/h4-8,12,22-23H,9-10H2,1-3H3/b14-13+/t12-,17-/m0/s1. The van der Waals surface area contributed by atoms with Crippen molar-refractivity contribution < 1.29 is 18.0 Å². The molecular weight excluding hydrogens is 317 g/mol. The van der Waals surface area contributed by atoms with E-state index in [-0.39, 0.29) is 17.3 Å². The minimum absolute atomic E-state index is 0.107. The van der Waals surface area contributed by atoms with Gasteiger partial charge in [-0.2, -0.15) is 13.2 Å². The third kappa shape index (κ3) is 2.31. The number of hydrogen-bond acceptors (Lipinski definition) is 3. The molecule has 0 aromatic heterocycles. The summed E-state index contributed by atoms with van der Waals surface area (Å²) >= 11 is 0. The number of halogens is 3. The molecule has 2 atom stereocenters. The second kappa shape index (κ2) is 5.26. The number of hydrazine groups is 1. The molecule has 0 radical (unpaired) electrons. The van der Waals surface area contributed by atoms with Gasteiger partial charge in [-0.3, -0.25) is 10.2 Å². The number of carbonyl (C=O) groups excluding carboxylic acids is 1. The summed E-state index contributed by atoms with van der Waals surface area (Å²) in [5.74, 6) is -0.755. The summed E-state index contributed by atoms with van der Waals surface area (Å²) in [5.41, 5.74) is 3.08. The number of Topliss-reactive ketones (excluding diaryl/α,β-unsaturated/α-hetero) is 1. The molecule has 0 spiro atoms. The smallest absolute Gasteiger partial charge is 0.301 e. The number of carbonyl (C=O) groups is 1. The molecule has 0 unspecified atom stereocenters. The number of hydrogen-bond donors (Lipinski definition) is 2. The fraction of sp³-hybridized carbons (Fsp3) is 0.500. The summed E-state index contributed by atoms with van der Waals surface area (Å²) in [5, 5.41) is 0. The molecule has 3 rings (SSSR count). The lowest BCUT2D eigenvalue weighted by atomic mass is 9.70. The van der Waals surface area contributed by atoms with E-state index in [0.29, 0.717) is 18.5 Å². The molecule has 0 aliphatic heterocycles. The van der Waals surface area contributed by atoms with Crippen LogP contribution in [0.15, 0.2) is 41.6 Å². The molecule has 1 aromatic rings. The van der Waals surface area contributed by atoms with Crippen LogP contribution in [0.3, 0.4) is 0 Å². The Kier molecular flexibility index (Phi) is 3.70. The third-order valence-corrected chi connectivity index (χ3v) is 5.98. The summed E-state index contributed by atoms with van der Waals surface area (Å²) in [6, 6.07) is 8.52. The van der Waals surface area contributed by atoms with Crippen molar-refractivity contribution in [2.24, 2.45) is 16.7 Å². The quantitative estimate of drug-likeness (QED) is 0.632. The highest BCUT2D eigenvalue weighted by Crippen LogP contribution is 2.66. The van der Waals surface area contributed by atoms with Crippen LogP contribution in [-0.4, -0.2) is 12.0 Å². The van der Waals surface area contributed by atoms with Crippen LogP contribution < -0.4 is 10.9 Å². The second-order valence-corrected chi connectivity index (χ2v) is 7.38. The van der Waals surface area contributed by atoms with Gasteiger partial charge in [0.15, 0.2) is 5.78 Å². The molecule has 130 valence electrons. The summed E-state index contributed by atoms with van der Waals surface area (Å²) in [6.45, 7) is 5.59. The van der Waals surface area contributed by atoms with Crippen molar-refractivity contribution in [3.05, 3.63) is 41.6 Å². The van der Waals surface area contributed by atoms with Crippen LogP contribution in [0.25, 0.3) is 0 Å². The van der Waals surface area contributed by atoms with E-state index >= 15 is 0 Å². The Bertz CT molecular complexity index is 694. The van der Waals surface area contributed by atoms with Crippen molar-refractivity contribution >= 4 is 11.5 Å². The molecule has 6 heteroatoms. The Morgan fingerprint density at radius 3 is 2.29 bits per heavy atom. The number of alkyl halides is 3. The number of anilines is 1. The summed E-state index contributed by atoms with van der Waals surface area (Å²) in [7, 11) is 0. The number of nitrogens with one attached hydrogen (secondary N) is 2. The van der Waals surface area contributed by atoms with Crippen molar-refractivity contribution in [3.8, 4) is 0 Å². The van der Waals surface area contributed by atoms with Gasteiger partial charge in [0.1, 0.15) is 5.70 Å². The first-order valence-corrected chi connectivity index (χ1v) is 8.02. The normalized spacial score (nSPS) is 30.4. The molecule has 24 heavy (non-hydrogen) atoms. The SMILES string of the molecule is CC1(C)[C@H]2CC[C@@]1(C)C(=O)/C2=C(/NNc1ccccc1)C(F)(F)F. The fourth-order valence-corrected chi connectivity index (χ4v) is 4.10. The lowest BCUT2D eigenvalue weighted by Crippen LogP contribution is -2.36. The Morgan fingerprint density at radius 1 is 1.17 bits per heavy atom. The van der Waals surface area contributed by atoms with Crippen LogP contribution in [0.4, 0.5) is 18.9 Å². The highest BCUT2D eigenvalue weighted by Gasteiger charge is 2.66. The van der Waals surface area contributed by atoms with Gasteiger partial charge in [-0.1, -0.05) is 39.0 Å². The average Bonchev–Trinajstić information content (AvgIpc) is 2.81. The Balaban J connectivity index is 2.00. The average molecular weight is 338 g/mol. The van der Waals surface area contributed by atoms with E-state index in [1.165, 1.54) is 0 Å². The maximum Gasteiger partial charge on any atom is 0.433 e. The van der Waals surface area contributed by atoms with Gasteiger partial charge in [-0.15, -0.1) is 0 Å². The Labute approximate surface area is 139 Å². The molecule has 2 fully saturated rings. The van der Waals surface area contributed by atoms with Crippen molar-refractivity contribution in [2.45, 2.75) is 39.8 Å². The number of rotatable bonds is 3. The number of benzene rings is 1. The molecule has 2 aliphatic rings. The van der Waals surface area contributed by atoms with Gasteiger partial charge in [0.2, 0.25) is 0 Å². The maximum atomic E-state index is 13.6. The van der Waals surface area contributed by atoms with E-state index in [1.54, 1.807) is 37.3 Å². The van der Waals surface area contributed by atoms with Crippen LogP contribution in [0.5, 0.6) is 0 Å². The van der Waals surface area contributed by atoms with E-state index in [0.717, 1.165) is 0 Å². The Morgan fingerprint density at radius 2 is 1.79 bits per heavy atom. The monoisotopic (exact) mass is 338 g/mol. The van der Waals surface area contributed by atoms with E-state index in [9.17, 15) is 18.0 Å². The fourth-order valence-electron chi connectivity index (χ4n) is 4.10. The minimum atomic E-state index is -4.62. The van der Waals surface area contributed by atoms with Crippen LogP contribution in [0.1, 0.15) is 33.6 Å². The second-order valence-electron chi connectivity index (χ2n) is 7.38. The van der Waals surface area contributed by atoms with Crippen molar-refractivity contribution in [2.75, 3.05) is 5.43 Å².